The van der Waals surface area contributed by atoms with Crippen molar-refractivity contribution in [2.24, 2.45) is 5.92 Å². The Kier molecular flexibility index (Phi) is 5.55. The van der Waals surface area contributed by atoms with Crippen LogP contribution in [0.2, 0.25) is 0 Å². The fraction of sp³-hybridized carbons (Fsp3) is 0.238. The number of benzene rings is 2. The molecule has 0 atom stereocenters. The van der Waals surface area contributed by atoms with E-state index in [0.717, 1.165) is 39.2 Å². The smallest absolute Gasteiger partial charge is 0.228 e. The Morgan fingerprint density at radius 2 is 2.00 bits per heavy atom. The number of carbonyl (C=O) groups excluding carboxylic acids is 1. The molecule has 6 nitrogen and oxygen atoms in total. The second kappa shape index (κ2) is 8.26. The van der Waals surface area contributed by atoms with E-state index in [9.17, 15) is 4.79 Å². The first-order chi connectivity index (χ1) is 14.0. The molecule has 0 unspecified atom stereocenters. The lowest BCUT2D eigenvalue weighted by Crippen LogP contribution is -2.17. The first-order valence-corrected chi connectivity index (χ1v) is 10.8. The van der Waals surface area contributed by atoms with Gasteiger partial charge in [0.15, 0.2) is 5.13 Å². The summed E-state index contributed by atoms with van der Waals surface area (Å²) in [4.78, 5) is 16.3. The van der Waals surface area contributed by atoms with E-state index < -0.39 is 0 Å². The third kappa shape index (κ3) is 4.13. The minimum absolute atomic E-state index is 0.0462. The average Bonchev–Trinajstić information content (AvgIpc) is 3.34. The van der Waals surface area contributed by atoms with Gasteiger partial charge in [-0.25, -0.2) is 4.98 Å². The normalized spacial score (nSPS) is 11.2. The lowest BCUT2D eigenvalue weighted by Gasteiger charge is -2.13. The van der Waals surface area contributed by atoms with Crippen molar-refractivity contribution in [2.75, 3.05) is 5.32 Å². The summed E-state index contributed by atoms with van der Waals surface area (Å²) in [5.41, 5.74) is 3.42. The zero-order chi connectivity index (χ0) is 20.4. The summed E-state index contributed by atoms with van der Waals surface area (Å²) in [5.74, 6) is 0.601. The van der Waals surface area contributed by atoms with Gasteiger partial charge in [-0.15, -0.1) is 11.3 Å². The van der Waals surface area contributed by atoms with Gasteiger partial charge in [-0.1, -0.05) is 44.2 Å². The number of ether oxygens (including phenoxy) is 1. The van der Waals surface area contributed by atoms with Crippen LogP contribution < -0.4 is 10.1 Å². The van der Waals surface area contributed by atoms with Crippen LogP contribution in [0.3, 0.4) is 0 Å². The maximum atomic E-state index is 11.8. The highest BCUT2D eigenvalue weighted by atomic mass is 32.1. The molecule has 0 saturated heterocycles. The number of thiazole rings is 1. The molecule has 0 aliphatic heterocycles. The van der Waals surface area contributed by atoms with E-state index in [-0.39, 0.29) is 11.8 Å². The number of rotatable bonds is 6. The molecule has 4 aromatic rings. The fourth-order valence-electron chi connectivity index (χ4n) is 2.91. The van der Waals surface area contributed by atoms with Crippen LogP contribution in [0.25, 0.3) is 22.0 Å². The molecule has 8 heteroatoms. The summed E-state index contributed by atoms with van der Waals surface area (Å²) in [6.45, 7) is 5.96. The van der Waals surface area contributed by atoms with Crippen LogP contribution in [-0.2, 0) is 11.4 Å². The molecule has 29 heavy (non-hydrogen) atoms. The second-order valence-corrected chi connectivity index (χ2v) is 8.32. The van der Waals surface area contributed by atoms with E-state index in [1.807, 2.05) is 50.4 Å². The molecule has 0 bridgehead atoms. The van der Waals surface area contributed by atoms with E-state index in [1.165, 1.54) is 23.1 Å². The van der Waals surface area contributed by atoms with Gasteiger partial charge in [-0.2, -0.15) is 8.75 Å². The number of fused-ring (bicyclic) bond motifs is 1. The Labute approximate surface area is 176 Å². The van der Waals surface area contributed by atoms with Crippen molar-refractivity contribution < 1.29 is 9.53 Å². The fourth-order valence-corrected chi connectivity index (χ4v) is 4.16. The predicted molar refractivity (Wildman–Crippen MR) is 118 cm³/mol. The number of aromatic nitrogens is 3. The Bertz CT molecular complexity index is 1170. The molecule has 0 aliphatic carbocycles. The van der Waals surface area contributed by atoms with Gasteiger partial charge < -0.3 is 10.1 Å². The number of hydrogen-bond acceptors (Lipinski definition) is 7. The molecule has 0 spiro atoms. The predicted octanol–water partition coefficient (Wildman–Crippen LogP) is 5.30. The van der Waals surface area contributed by atoms with Crippen LogP contribution in [-0.4, -0.2) is 19.6 Å². The summed E-state index contributed by atoms with van der Waals surface area (Å²) in [7, 11) is 0. The number of anilines is 1. The minimum atomic E-state index is -0.0891. The third-order valence-electron chi connectivity index (χ3n) is 4.46. The maximum absolute atomic E-state index is 11.8. The molecule has 1 amide bonds. The summed E-state index contributed by atoms with van der Waals surface area (Å²) >= 11 is 2.59. The van der Waals surface area contributed by atoms with Crippen LogP contribution >= 0.6 is 23.1 Å². The molecule has 148 valence electrons. The molecular weight excluding hydrogens is 404 g/mol. The van der Waals surface area contributed by atoms with E-state index in [2.05, 4.69) is 31.2 Å². The van der Waals surface area contributed by atoms with Crippen molar-refractivity contribution in [3.63, 3.8) is 0 Å². The van der Waals surface area contributed by atoms with Gasteiger partial charge in [-0.05, 0) is 23.8 Å². The molecule has 0 aliphatic rings. The van der Waals surface area contributed by atoms with Gasteiger partial charge in [0.05, 0.1) is 28.7 Å². The van der Waals surface area contributed by atoms with Crippen LogP contribution in [0.15, 0.2) is 41.8 Å². The van der Waals surface area contributed by atoms with Gasteiger partial charge in [0.25, 0.3) is 0 Å². The van der Waals surface area contributed by atoms with E-state index in [4.69, 9.17) is 4.74 Å². The molecule has 2 heterocycles. The highest BCUT2D eigenvalue weighted by molar-refractivity contribution is 7.13. The van der Waals surface area contributed by atoms with Crippen molar-refractivity contribution in [3.05, 3.63) is 53.2 Å². The number of carbonyl (C=O) groups is 1. The van der Waals surface area contributed by atoms with Gasteiger partial charge in [0.1, 0.15) is 18.1 Å². The molecule has 0 saturated carbocycles. The molecule has 4 rings (SSSR count). The van der Waals surface area contributed by atoms with Crippen molar-refractivity contribution in [1.82, 2.24) is 13.7 Å². The number of nitrogens with one attached hydrogen (secondary N) is 1. The Morgan fingerprint density at radius 1 is 1.17 bits per heavy atom. The first-order valence-electron chi connectivity index (χ1n) is 9.22. The van der Waals surface area contributed by atoms with Crippen molar-refractivity contribution in [3.8, 4) is 17.0 Å². The van der Waals surface area contributed by atoms with Crippen molar-refractivity contribution in [1.29, 1.82) is 0 Å². The number of nitrogens with zero attached hydrogens (tertiary/aromatic N) is 3. The Hall–Kier alpha value is -2.84. The third-order valence-corrected chi connectivity index (χ3v) is 5.89. The monoisotopic (exact) mass is 424 g/mol. The number of amides is 1. The number of aryl methyl sites for hydroxylation is 1. The molecule has 1 N–H and O–H groups in total. The van der Waals surface area contributed by atoms with Gasteiger partial charge in [-0.3, -0.25) is 4.79 Å². The SMILES string of the molecule is Cc1nsnc1-c1c(OCc2csc(NC(=O)C(C)C)n2)ccc2ccccc12. The average molecular weight is 425 g/mol. The Morgan fingerprint density at radius 3 is 2.76 bits per heavy atom. The van der Waals surface area contributed by atoms with Crippen molar-refractivity contribution >= 4 is 44.9 Å². The van der Waals surface area contributed by atoms with Gasteiger partial charge in [0, 0.05) is 11.3 Å². The van der Waals surface area contributed by atoms with Crippen LogP contribution in [0.5, 0.6) is 5.75 Å². The topological polar surface area (TPSA) is 77.0 Å². The zero-order valence-corrected chi connectivity index (χ0v) is 17.9. The molecule has 0 radical (unpaired) electrons. The minimum Gasteiger partial charge on any atom is -0.487 e. The highest BCUT2D eigenvalue weighted by Gasteiger charge is 2.17. The van der Waals surface area contributed by atoms with E-state index in [0.29, 0.717) is 11.7 Å². The van der Waals surface area contributed by atoms with Crippen molar-refractivity contribution in [2.45, 2.75) is 27.4 Å². The lowest BCUT2D eigenvalue weighted by atomic mass is 10.00. The lowest BCUT2D eigenvalue weighted by molar-refractivity contribution is -0.118. The summed E-state index contributed by atoms with van der Waals surface area (Å²) < 4.78 is 15.0. The van der Waals surface area contributed by atoms with E-state index in [1.54, 1.807) is 0 Å². The zero-order valence-electron chi connectivity index (χ0n) is 16.3. The largest absolute Gasteiger partial charge is 0.487 e. The summed E-state index contributed by atoms with van der Waals surface area (Å²) in [6, 6.07) is 12.2. The number of hydrogen-bond donors (Lipinski definition) is 1. The highest BCUT2D eigenvalue weighted by Crippen LogP contribution is 2.38. The standard InChI is InChI=1S/C21H20N4O2S2/c1-12(2)20(26)23-21-22-15(11-28-21)10-27-17-9-8-14-6-4-5-7-16(14)18(17)19-13(3)24-29-25-19/h4-9,11-12H,10H2,1-3H3,(H,22,23,26). The molecule has 2 aromatic carbocycles. The summed E-state index contributed by atoms with van der Waals surface area (Å²) in [6.07, 6.45) is 0. The maximum Gasteiger partial charge on any atom is 0.228 e. The van der Waals surface area contributed by atoms with Gasteiger partial charge >= 0.3 is 0 Å². The molecule has 0 fully saturated rings. The van der Waals surface area contributed by atoms with E-state index >= 15 is 0 Å². The molecule has 2 aromatic heterocycles. The van der Waals surface area contributed by atoms with Crippen LogP contribution in [0.4, 0.5) is 5.13 Å². The molecular formula is C21H20N4O2S2. The first kappa shape index (κ1) is 19.5. The quantitative estimate of drug-likeness (QED) is 0.455. The van der Waals surface area contributed by atoms with Crippen LogP contribution in [0, 0.1) is 12.8 Å². The summed E-state index contributed by atoms with van der Waals surface area (Å²) in [5, 5.41) is 7.49. The van der Waals surface area contributed by atoms with Crippen LogP contribution in [0.1, 0.15) is 25.2 Å². The second-order valence-electron chi connectivity index (χ2n) is 6.93. The van der Waals surface area contributed by atoms with Gasteiger partial charge in [0.2, 0.25) is 5.91 Å². The Balaban J connectivity index is 1.61.